The number of hydrogen-bond donors (Lipinski definition) is 1. The van der Waals surface area contributed by atoms with E-state index in [1.807, 2.05) is 0 Å². The van der Waals surface area contributed by atoms with Crippen LogP contribution in [0.3, 0.4) is 0 Å². The van der Waals surface area contributed by atoms with E-state index >= 15 is 0 Å². The molecule has 0 spiro atoms. The number of nitrogens with one attached hydrogen (secondary N) is 1. The van der Waals surface area contributed by atoms with Crippen molar-refractivity contribution in [3.05, 3.63) is 39.7 Å². The second-order valence-corrected chi connectivity index (χ2v) is 11.5. The van der Waals surface area contributed by atoms with E-state index in [9.17, 15) is 14.4 Å². The van der Waals surface area contributed by atoms with Gasteiger partial charge in [-0.2, -0.15) is 5.10 Å². The lowest BCUT2D eigenvalue weighted by atomic mass is 9.85. The van der Waals surface area contributed by atoms with Gasteiger partial charge in [-0.25, -0.2) is 9.79 Å². The fourth-order valence-corrected chi connectivity index (χ4v) is 6.87. The first kappa shape index (κ1) is 29.0. The van der Waals surface area contributed by atoms with E-state index in [0.29, 0.717) is 46.9 Å². The van der Waals surface area contributed by atoms with Crippen molar-refractivity contribution in [3.8, 4) is 0 Å². The van der Waals surface area contributed by atoms with Crippen LogP contribution in [0, 0.1) is 5.92 Å². The summed E-state index contributed by atoms with van der Waals surface area (Å²) in [5.41, 5.74) is 2.56. The number of fused-ring (bicyclic) bond motifs is 1. The Balaban J connectivity index is 1.49. The lowest BCUT2D eigenvalue weighted by Gasteiger charge is -2.20. The molecule has 2 aromatic heterocycles. The Morgan fingerprint density at radius 1 is 1.33 bits per heavy atom. The number of esters is 1. The number of nitrogens with zero attached hydrogens (tertiary/aromatic N) is 4. The van der Waals surface area contributed by atoms with Gasteiger partial charge in [0.25, 0.3) is 5.91 Å². The number of ether oxygens (including phenoxy) is 2. The summed E-state index contributed by atoms with van der Waals surface area (Å²) in [6.45, 7) is 5.15. The van der Waals surface area contributed by atoms with E-state index < -0.39 is 5.97 Å². The number of anilines is 1. The fourth-order valence-electron chi connectivity index (χ4n) is 4.68. The average Bonchev–Trinajstić information content (AvgIpc) is 3.58. The van der Waals surface area contributed by atoms with E-state index in [1.165, 1.54) is 23.1 Å². The number of aliphatic imine (C=N–C) groups is 1. The van der Waals surface area contributed by atoms with Crippen molar-refractivity contribution < 1.29 is 23.9 Å². The molecule has 12 heteroatoms. The minimum Gasteiger partial charge on any atom is -0.462 e. The number of aromatic nitrogens is 2. The van der Waals surface area contributed by atoms with Crippen LogP contribution in [0.2, 0.25) is 0 Å². The predicted octanol–water partition coefficient (Wildman–Crippen LogP) is 4.12. The maximum Gasteiger partial charge on any atom is 0.341 e. The highest BCUT2D eigenvalue weighted by atomic mass is 32.2. The number of aryl methyl sites for hydroxylation is 1. The van der Waals surface area contributed by atoms with Gasteiger partial charge in [-0.1, -0.05) is 25.1 Å². The Hall–Kier alpha value is -2.96. The Morgan fingerprint density at radius 2 is 2.15 bits per heavy atom. The number of methoxy groups -OCH3 is 1. The van der Waals surface area contributed by atoms with Gasteiger partial charge in [-0.15, -0.1) is 11.3 Å². The molecule has 39 heavy (non-hydrogen) atoms. The first-order valence-electron chi connectivity index (χ1n) is 13.2. The van der Waals surface area contributed by atoms with Crippen LogP contribution in [0.4, 0.5) is 5.00 Å². The number of hydrogen-bond acceptors (Lipinski definition) is 9. The molecule has 2 aromatic rings. The van der Waals surface area contributed by atoms with Crippen molar-refractivity contribution >= 4 is 57.1 Å². The maximum absolute atomic E-state index is 13.1. The molecule has 0 saturated carbocycles. The number of thiophene rings is 1. The van der Waals surface area contributed by atoms with Gasteiger partial charge in [0.1, 0.15) is 10.7 Å². The normalized spacial score (nSPS) is 17.9. The molecule has 4 rings (SSSR count). The standard InChI is InChI=1S/C27H35N5O5S2/c1-5-17-8-9-19-21(13-17)39-24(23(19)26(35)37-6-2)30-22(33)16-38-27-29-20(12-18-14-28-31(3)15-18)25(34)32(27)10-7-11-36-4/h12,14-15,17H,5-11,13,16H2,1-4H3,(H,30,33). The molecule has 0 saturated heterocycles. The Kier molecular flexibility index (Phi) is 9.98. The van der Waals surface area contributed by atoms with Gasteiger partial charge >= 0.3 is 5.97 Å². The second-order valence-electron chi connectivity index (χ2n) is 9.46. The minimum atomic E-state index is -0.395. The fraction of sp³-hybridized carbons (Fsp3) is 0.519. The van der Waals surface area contributed by atoms with Crippen LogP contribution in [-0.4, -0.2) is 70.3 Å². The quantitative estimate of drug-likeness (QED) is 0.244. The molecule has 0 fully saturated rings. The molecule has 1 aliphatic carbocycles. The molecule has 3 heterocycles. The van der Waals surface area contributed by atoms with Crippen LogP contribution >= 0.6 is 23.1 Å². The summed E-state index contributed by atoms with van der Waals surface area (Å²) in [6.07, 6.45) is 9.62. The van der Waals surface area contributed by atoms with E-state index in [0.717, 1.165) is 41.7 Å². The summed E-state index contributed by atoms with van der Waals surface area (Å²) in [4.78, 5) is 46.3. The molecule has 0 radical (unpaired) electrons. The van der Waals surface area contributed by atoms with Crippen molar-refractivity contribution in [1.82, 2.24) is 14.7 Å². The highest BCUT2D eigenvalue weighted by Gasteiger charge is 2.32. The molecular formula is C27H35N5O5S2. The third-order valence-electron chi connectivity index (χ3n) is 6.68. The zero-order valence-corrected chi connectivity index (χ0v) is 24.5. The third-order valence-corrected chi connectivity index (χ3v) is 8.83. The SMILES string of the molecule is CCOC(=O)c1c(NC(=O)CSC2=NC(=Cc3cnn(C)c3)C(=O)N2CCCOC)sc2c1CCC(CC)C2. The molecule has 2 amide bonds. The van der Waals surface area contributed by atoms with Crippen molar-refractivity contribution in [2.45, 2.75) is 46.0 Å². The molecule has 0 aromatic carbocycles. The number of amides is 2. The summed E-state index contributed by atoms with van der Waals surface area (Å²) in [7, 11) is 3.42. The van der Waals surface area contributed by atoms with Gasteiger partial charge in [-0.05, 0) is 50.2 Å². The molecular weight excluding hydrogens is 538 g/mol. The molecule has 0 bridgehead atoms. The van der Waals surface area contributed by atoms with Crippen molar-refractivity contribution in [2.75, 3.05) is 37.9 Å². The smallest absolute Gasteiger partial charge is 0.341 e. The van der Waals surface area contributed by atoms with Crippen LogP contribution in [0.25, 0.3) is 6.08 Å². The van der Waals surface area contributed by atoms with Crippen LogP contribution in [0.15, 0.2) is 23.1 Å². The predicted molar refractivity (Wildman–Crippen MR) is 154 cm³/mol. The van der Waals surface area contributed by atoms with Gasteiger partial charge in [0.2, 0.25) is 5.91 Å². The van der Waals surface area contributed by atoms with Crippen molar-refractivity contribution in [1.29, 1.82) is 0 Å². The van der Waals surface area contributed by atoms with Gasteiger partial charge in [0.15, 0.2) is 5.17 Å². The molecule has 1 atom stereocenters. The van der Waals surface area contributed by atoms with Gasteiger partial charge in [0.05, 0.1) is 24.1 Å². The van der Waals surface area contributed by atoms with Gasteiger partial charge in [0, 0.05) is 43.9 Å². The van der Waals surface area contributed by atoms with E-state index in [2.05, 4.69) is 22.3 Å². The van der Waals surface area contributed by atoms with Gasteiger partial charge < -0.3 is 14.8 Å². The molecule has 210 valence electrons. The zero-order chi connectivity index (χ0) is 27.9. The summed E-state index contributed by atoms with van der Waals surface area (Å²) >= 11 is 2.67. The number of carbonyl (C=O) groups is 3. The summed E-state index contributed by atoms with van der Waals surface area (Å²) in [5.74, 6) is -0.267. The molecule has 2 aliphatic rings. The lowest BCUT2D eigenvalue weighted by molar-refractivity contribution is -0.122. The maximum atomic E-state index is 13.1. The van der Waals surface area contributed by atoms with Gasteiger partial charge in [-0.3, -0.25) is 19.2 Å². The first-order chi connectivity index (χ1) is 18.8. The summed E-state index contributed by atoms with van der Waals surface area (Å²) in [6, 6.07) is 0. The molecule has 1 N–H and O–H groups in total. The molecule has 1 aliphatic heterocycles. The first-order valence-corrected chi connectivity index (χ1v) is 15.0. The van der Waals surface area contributed by atoms with Crippen LogP contribution in [0.5, 0.6) is 0 Å². The molecule has 1 unspecified atom stereocenters. The summed E-state index contributed by atoms with van der Waals surface area (Å²) < 4.78 is 12.1. The average molecular weight is 574 g/mol. The largest absolute Gasteiger partial charge is 0.462 e. The van der Waals surface area contributed by atoms with Crippen LogP contribution in [0.1, 0.15) is 59.5 Å². The van der Waals surface area contributed by atoms with Crippen molar-refractivity contribution in [3.63, 3.8) is 0 Å². The third kappa shape index (κ3) is 6.98. The summed E-state index contributed by atoms with van der Waals surface area (Å²) in [5, 5.41) is 8.09. The lowest BCUT2D eigenvalue weighted by Crippen LogP contribution is -2.32. The Labute approximate surface area is 236 Å². The zero-order valence-electron chi connectivity index (χ0n) is 22.8. The number of thioether (sulfide) groups is 1. The number of carbonyl (C=O) groups excluding carboxylic acids is 3. The second kappa shape index (κ2) is 13.4. The Bertz CT molecular complexity index is 1280. The highest BCUT2D eigenvalue weighted by molar-refractivity contribution is 8.14. The topological polar surface area (TPSA) is 115 Å². The number of rotatable bonds is 11. The van der Waals surface area contributed by atoms with Crippen LogP contribution in [-0.2, 0) is 39.0 Å². The highest BCUT2D eigenvalue weighted by Crippen LogP contribution is 2.41. The van der Waals surface area contributed by atoms with E-state index in [4.69, 9.17) is 9.47 Å². The minimum absolute atomic E-state index is 0.0372. The number of amidine groups is 1. The van der Waals surface area contributed by atoms with E-state index in [-0.39, 0.29) is 24.2 Å². The monoisotopic (exact) mass is 573 g/mol. The van der Waals surface area contributed by atoms with Crippen LogP contribution < -0.4 is 5.32 Å². The van der Waals surface area contributed by atoms with E-state index in [1.54, 1.807) is 49.1 Å². The van der Waals surface area contributed by atoms with Crippen molar-refractivity contribution in [2.24, 2.45) is 18.0 Å². The Morgan fingerprint density at radius 3 is 2.85 bits per heavy atom. The molecule has 10 nitrogen and oxygen atoms in total.